The molecule has 0 saturated carbocycles. The number of amides is 5. The summed E-state index contributed by atoms with van der Waals surface area (Å²) in [6.07, 6.45) is 1.95. The van der Waals surface area contributed by atoms with E-state index in [-0.39, 0.29) is 48.3 Å². The third-order valence-corrected chi connectivity index (χ3v) is 9.54. The number of nitrogens with two attached hydrogens (primary N) is 1. The van der Waals surface area contributed by atoms with Gasteiger partial charge in [0.15, 0.2) is 0 Å². The highest BCUT2D eigenvalue weighted by Gasteiger charge is 2.35. The normalized spacial score (nSPS) is 16.0. The molecule has 0 aliphatic carbocycles. The Balaban J connectivity index is 3.26. The van der Waals surface area contributed by atoms with Gasteiger partial charge in [-0.05, 0) is 48.0 Å². The fourth-order valence-electron chi connectivity index (χ4n) is 5.90. The molecular formula is C40H68N6O7. The third-order valence-electron chi connectivity index (χ3n) is 9.54. The SMILES string of the molecule is CCC(C)[C@H](NC(=O)CC(N)[C@H](Cc1ccccc1)NC(=O)[C@@H](NC(=O)[C@H](CC(C)C)NC(=O)CC(C)C)C(C)C)C(=O)N[C@H](C(=O)OC)[C@@H](C)CC. The molecule has 0 heterocycles. The summed E-state index contributed by atoms with van der Waals surface area (Å²) in [5, 5.41) is 14.3. The summed E-state index contributed by atoms with van der Waals surface area (Å²) >= 11 is 0. The van der Waals surface area contributed by atoms with Crippen LogP contribution >= 0.6 is 0 Å². The maximum Gasteiger partial charge on any atom is 0.328 e. The number of carbonyl (C=O) groups is 6. The van der Waals surface area contributed by atoms with Gasteiger partial charge in [0, 0.05) is 24.9 Å². The van der Waals surface area contributed by atoms with Crippen molar-refractivity contribution < 1.29 is 33.5 Å². The smallest absolute Gasteiger partial charge is 0.328 e. The zero-order valence-electron chi connectivity index (χ0n) is 33.9. The maximum absolute atomic E-state index is 13.9. The third kappa shape index (κ3) is 16.7. The number of benzene rings is 1. The Morgan fingerprint density at radius 2 is 1.17 bits per heavy atom. The molecule has 53 heavy (non-hydrogen) atoms. The molecule has 7 N–H and O–H groups in total. The molecule has 300 valence electrons. The van der Waals surface area contributed by atoms with E-state index in [1.807, 2.05) is 99.6 Å². The quantitative estimate of drug-likeness (QED) is 0.0917. The molecular weight excluding hydrogens is 676 g/mol. The van der Waals surface area contributed by atoms with Crippen molar-refractivity contribution in [2.24, 2.45) is 35.3 Å². The second-order valence-electron chi connectivity index (χ2n) is 15.6. The summed E-state index contributed by atoms with van der Waals surface area (Å²) in [7, 11) is 1.26. The highest BCUT2D eigenvalue weighted by atomic mass is 16.5. The van der Waals surface area contributed by atoms with E-state index < -0.39 is 65.8 Å². The highest BCUT2D eigenvalue weighted by Crippen LogP contribution is 2.15. The lowest BCUT2D eigenvalue weighted by atomic mass is 9.94. The van der Waals surface area contributed by atoms with Gasteiger partial charge in [-0.3, -0.25) is 24.0 Å². The van der Waals surface area contributed by atoms with Gasteiger partial charge in [-0.15, -0.1) is 0 Å². The van der Waals surface area contributed by atoms with Crippen LogP contribution in [0.2, 0.25) is 0 Å². The summed E-state index contributed by atoms with van der Waals surface area (Å²) in [4.78, 5) is 79.6. The lowest BCUT2D eigenvalue weighted by molar-refractivity contribution is -0.147. The van der Waals surface area contributed by atoms with Gasteiger partial charge in [0.1, 0.15) is 24.2 Å². The second-order valence-corrected chi connectivity index (χ2v) is 15.6. The molecule has 0 aliphatic rings. The summed E-state index contributed by atoms with van der Waals surface area (Å²) in [6.45, 7) is 18.9. The number of carbonyl (C=O) groups excluding carboxylic acids is 6. The predicted octanol–water partition coefficient (Wildman–Crippen LogP) is 3.38. The number of esters is 1. The number of rotatable bonds is 23. The Kier molecular flexibility index (Phi) is 21.0. The molecule has 13 heteroatoms. The minimum absolute atomic E-state index is 0.107. The first-order valence-corrected chi connectivity index (χ1v) is 19.2. The van der Waals surface area contributed by atoms with Crippen LogP contribution in [0.1, 0.15) is 107 Å². The fourth-order valence-corrected chi connectivity index (χ4v) is 5.90. The number of hydrogen-bond acceptors (Lipinski definition) is 8. The fraction of sp³-hybridized carbons (Fsp3) is 0.700. The van der Waals surface area contributed by atoms with Gasteiger partial charge in [-0.2, -0.15) is 0 Å². The first-order valence-electron chi connectivity index (χ1n) is 19.2. The molecule has 1 aromatic rings. The first-order chi connectivity index (χ1) is 24.8. The Morgan fingerprint density at radius 1 is 0.642 bits per heavy atom. The molecule has 0 aliphatic heterocycles. The highest BCUT2D eigenvalue weighted by molar-refractivity contribution is 5.93. The van der Waals surface area contributed by atoms with Gasteiger partial charge in [-0.1, -0.05) is 112 Å². The molecule has 0 saturated heterocycles. The van der Waals surface area contributed by atoms with Gasteiger partial charge in [0.25, 0.3) is 0 Å². The van der Waals surface area contributed by atoms with Crippen LogP contribution < -0.4 is 32.3 Å². The summed E-state index contributed by atoms with van der Waals surface area (Å²) in [5.41, 5.74) is 7.55. The zero-order chi connectivity index (χ0) is 40.4. The molecule has 13 nitrogen and oxygen atoms in total. The lowest BCUT2D eigenvalue weighted by Gasteiger charge is -2.31. The number of methoxy groups -OCH3 is 1. The Hall–Kier alpha value is -4.00. The zero-order valence-corrected chi connectivity index (χ0v) is 33.9. The second kappa shape index (κ2) is 23.6. The van der Waals surface area contributed by atoms with Crippen molar-refractivity contribution in [1.29, 1.82) is 0 Å². The van der Waals surface area contributed by atoms with Crippen LogP contribution in [0.15, 0.2) is 30.3 Å². The molecule has 0 bridgehead atoms. The average Bonchev–Trinajstić information content (AvgIpc) is 3.09. The van der Waals surface area contributed by atoms with Crippen molar-refractivity contribution in [3.05, 3.63) is 35.9 Å². The first kappa shape index (κ1) is 47.0. The predicted molar refractivity (Wildman–Crippen MR) is 207 cm³/mol. The molecule has 0 fully saturated rings. The van der Waals surface area contributed by atoms with E-state index in [0.717, 1.165) is 5.56 Å². The van der Waals surface area contributed by atoms with Crippen LogP contribution in [0.5, 0.6) is 0 Å². The van der Waals surface area contributed by atoms with E-state index in [9.17, 15) is 28.8 Å². The molecule has 1 rings (SSSR count). The summed E-state index contributed by atoms with van der Waals surface area (Å²) in [5.74, 6) is -3.28. The van der Waals surface area contributed by atoms with E-state index >= 15 is 0 Å². The number of nitrogens with one attached hydrogen (secondary N) is 5. The van der Waals surface area contributed by atoms with Crippen molar-refractivity contribution in [1.82, 2.24) is 26.6 Å². The van der Waals surface area contributed by atoms with Crippen molar-refractivity contribution in [2.45, 2.75) is 144 Å². The molecule has 0 aromatic heterocycles. The van der Waals surface area contributed by atoms with Gasteiger partial charge >= 0.3 is 5.97 Å². The van der Waals surface area contributed by atoms with Crippen LogP contribution in [0.3, 0.4) is 0 Å². The van der Waals surface area contributed by atoms with Crippen LogP contribution in [0.4, 0.5) is 0 Å². The van der Waals surface area contributed by atoms with Gasteiger partial charge < -0.3 is 37.1 Å². The maximum atomic E-state index is 13.9. The van der Waals surface area contributed by atoms with Gasteiger partial charge in [0.05, 0.1) is 7.11 Å². The van der Waals surface area contributed by atoms with E-state index in [0.29, 0.717) is 25.7 Å². The minimum Gasteiger partial charge on any atom is -0.467 e. The molecule has 0 radical (unpaired) electrons. The van der Waals surface area contributed by atoms with E-state index in [2.05, 4.69) is 26.6 Å². The summed E-state index contributed by atoms with van der Waals surface area (Å²) in [6, 6.07) is 4.18. The molecule has 2 unspecified atom stereocenters. The standard InChI is InChI=1S/C40H68N6O7/c1-12-26(9)35(39(51)46-36(27(10)13-2)40(52)53-11)44-33(48)22-29(41)30(21-28-17-15-14-16-18-28)43-38(50)34(25(7)8)45-37(49)31(19-23(3)4)42-32(47)20-24(5)6/h14-18,23-27,29-31,34-36H,12-13,19-22,41H2,1-11H3,(H,42,47)(H,43,50)(H,44,48)(H,45,49)(H,46,51)/t26?,27-,29?,30-,31-,34-,35-,36-/m0/s1. The topological polar surface area (TPSA) is 198 Å². The average molecular weight is 745 g/mol. The Morgan fingerprint density at radius 3 is 1.68 bits per heavy atom. The number of ether oxygens (including phenoxy) is 1. The van der Waals surface area contributed by atoms with Gasteiger partial charge in [-0.25, -0.2) is 4.79 Å². The Labute approximate surface area is 317 Å². The molecule has 1 aromatic carbocycles. The summed E-state index contributed by atoms with van der Waals surface area (Å²) < 4.78 is 4.92. The van der Waals surface area contributed by atoms with Crippen molar-refractivity contribution in [3.63, 3.8) is 0 Å². The monoisotopic (exact) mass is 745 g/mol. The molecule has 0 spiro atoms. The van der Waals surface area contributed by atoms with Gasteiger partial charge in [0.2, 0.25) is 29.5 Å². The van der Waals surface area contributed by atoms with Crippen molar-refractivity contribution in [3.8, 4) is 0 Å². The van der Waals surface area contributed by atoms with Crippen LogP contribution in [-0.2, 0) is 39.9 Å². The lowest BCUT2D eigenvalue weighted by Crippen LogP contribution is -2.60. The molecule has 5 amide bonds. The minimum atomic E-state index is -0.954. The number of hydrogen-bond donors (Lipinski definition) is 6. The largest absolute Gasteiger partial charge is 0.467 e. The van der Waals surface area contributed by atoms with E-state index in [1.165, 1.54) is 7.11 Å². The molecule has 8 atom stereocenters. The van der Waals surface area contributed by atoms with Crippen LogP contribution in [0.25, 0.3) is 0 Å². The Bertz CT molecular complexity index is 1320. The van der Waals surface area contributed by atoms with Crippen molar-refractivity contribution >= 4 is 35.5 Å². The van der Waals surface area contributed by atoms with Crippen LogP contribution in [-0.4, -0.2) is 78.9 Å². The van der Waals surface area contributed by atoms with E-state index in [1.54, 1.807) is 0 Å². The van der Waals surface area contributed by atoms with Crippen molar-refractivity contribution in [2.75, 3.05) is 7.11 Å². The van der Waals surface area contributed by atoms with E-state index in [4.69, 9.17) is 10.5 Å². The van der Waals surface area contributed by atoms with Crippen LogP contribution in [0, 0.1) is 29.6 Å².